The zero-order chi connectivity index (χ0) is 14.8. The van der Waals surface area contributed by atoms with Crippen molar-refractivity contribution >= 4 is 0 Å². The van der Waals surface area contributed by atoms with E-state index in [1.54, 1.807) is 13.0 Å². The van der Waals surface area contributed by atoms with Crippen LogP contribution in [0, 0.1) is 0 Å². The molecule has 0 bridgehead atoms. The van der Waals surface area contributed by atoms with Crippen LogP contribution in [0.25, 0.3) is 0 Å². The highest BCUT2D eigenvalue weighted by Gasteiger charge is 2.34. The minimum Gasteiger partial charge on any atom is -0.438 e. The van der Waals surface area contributed by atoms with Crippen LogP contribution in [-0.4, -0.2) is 10.1 Å². The second-order valence-corrected chi connectivity index (χ2v) is 4.20. The number of nitrogens with zero attached hydrogens (tertiary/aromatic N) is 1. The fraction of sp³-hybridized carbons (Fsp3) is 0.214. The molecule has 0 aliphatic heterocycles. The molecule has 6 heteroatoms. The van der Waals surface area contributed by atoms with Gasteiger partial charge in [0.2, 0.25) is 5.88 Å². The van der Waals surface area contributed by atoms with E-state index in [1.807, 2.05) is 0 Å². The van der Waals surface area contributed by atoms with Crippen molar-refractivity contribution in [2.24, 2.45) is 0 Å². The molecule has 0 fully saturated rings. The van der Waals surface area contributed by atoms with Crippen molar-refractivity contribution < 1.29 is 23.0 Å². The molecule has 0 aliphatic carbocycles. The van der Waals surface area contributed by atoms with Crippen LogP contribution in [0.3, 0.4) is 0 Å². The maximum Gasteiger partial charge on any atom is 0.419 e. The van der Waals surface area contributed by atoms with Crippen LogP contribution < -0.4 is 4.74 Å². The van der Waals surface area contributed by atoms with Crippen LogP contribution in [-0.2, 0) is 6.18 Å². The monoisotopic (exact) mass is 283 g/mol. The lowest BCUT2D eigenvalue weighted by molar-refractivity contribution is -0.138. The predicted octanol–water partition coefficient (Wildman–Crippen LogP) is 3.95. The third kappa shape index (κ3) is 3.27. The van der Waals surface area contributed by atoms with Gasteiger partial charge in [-0.1, -0.05) is 12.1 Å². The zero-order valence-corrected chi connectivity index (χ0v) is 10.6. The highest BCUT2D eigenvalue weighted by atomic mass is 19.4. The first-order chi connectivity index (χ1) is 9.38. The molecule has 0 saturated heterocycles. The molecule has 0 spiro atoms. The van der Waals surface area contributed by atoms with Crippen molar-refractivity contribution in [3.63, 3.8) is 0 Å². The topological polar surface area (TPSA) is 42.4 Å². The van der Waals surface area contributed by atoms with Gasteiger partial charge in [-0.3, -0.25) is 0 Å². The molecule has 1 aromatic carbocycles. The number of ether oxygens (including phenoxy) is 1. The SMILES string of the molecule is CC(O)c1ccc(Oc2ccccc2C(F)(F)F)nc1. The quantitative estimate of drug-likeness (QED) is 0.927. The van der Waals surface area contributed by atoms with E-state index in [2.05, 4.69) is 4.98 Å². The second kappa shape index (κ2) is 5.50. The highest BCUT2D eigenvalue weighted by molar-refractivity contribution is 5.38. The molecular weight excluding hydrogens is 271 g/mol. The van der Waals surface area contributed by atoms with Crippen LogP contribution in [0.5, 0.6) is 11.6 Å². The van der Waals surface area contributed by atoms with Crippen molar-refractivity contribution in [2.45, 2.75) is 19.2 Å². The Kier molecular flexibility index (Phi) is 3.94. The summed E-state index contributed by atoms with van der Waals surface area (Å²) in [6.07, 6.45) is -3.83. The van der Waals surface area contributed by atoms with Crippen LogP contribution in [0.15, 0.2) is 42.6 Å². The van der Waals surface area contributed by atoms with E-state index >= 15 is 0 Å². The van der Waals surface area contributed by atoms with Gasteiger partial charge in [0.1, 0.15) is 5.75 Å². The van der Waals surface area contributed by atoms with E-state index in [4.69, 9.17) is 4.74 Å². The van der Waals surface area contributed by atoms with Gasteiger partial charge in [0, 0.05) is 12.3 Å². The summed E-state index contributed by atoms with van der Waals surface area (Å²) < 4.78 is 43.5. The van der Waals surface area contributed by atoms with Crippen molar-refractivity contribution in [3.8, 4) is 11.6 Å². The van der Waals surface area contributed by atoms with Crippen molar-refractivity contribution in [1.29, 1.82) is 0 Å². The third-order valence-electron chi connectivity index (χ3n) is 2.65. The summed E-state index contributed by atoms with van der Waals surface area (Å²) in [5, 5.41) is 9.33. The number of hydrogen-bond donors (Lipinski definition) is 1. The molecule has 1 aromatic heterocycles. The predicted molar refractivity (Wildman–Crippen MR) is 66.4 cm³/mol. The van der Waals surface area contributed by atoms with Gasteiger partial charge in [-0.25, -0.2) is 4.98 Å². The molecule has 0 radical (unpaired) electrons. The van der Waals surface area contributed by atoms with Gasteiger partial charge in [0.25, 0.3) is 0 Å². The van der Waals surface area contributed by atoms with Gasteiger partial charge in [0.15, 0.2) is 0 Å². The Morgan fingerprint density at radius 3 is 2.40 bits per heavy atom. The fourth-order valence-electron chi connectivity index (χ4n) is 1.60. The molecule has 1 N–H and O–H groups in total. The van der Waals surface area contributed by atoms with E-state index < -0.39 is 17.8 Å². The normalized spacial score (nSPS) is 13.1. The second-order valence-electron chi connectivity index (χ2n) is 4.20. The average Bonchev–Trinajstić information content (AvgIpc) is 2.38. The summed E-state index contributed by atoms with van der Waals surface area (Å²) in [7, 11) is 0. The molecule has 0 aliphatic rings. The molecule has 1 heterocycles. The standard InChI is InChI=1S/C14H12F3NO2/c1-9(19)10-6-7-13(18-8-10)20-12-5-3-2-4-11(12)14(15,16)17/h2-9,19H,1H3. The summed E-state index contributed by atoms with van der Waals surface area (Å²) in [5.74, 6) is -0.275. The van der Waals surface area contributed by atoms with Gasteiger partial charge in [-0.2, -0.15) is 13.2 Å². The number of hydrogen-bond acceptors (Lipinski definition) is 3. The largest absolute Gasteiger partial charge is 0.438 e. The van der Waals surface area contributed by atoms with Crippen LogP contribution in [0.4, 0.5) is 13.2 Å². The zero-order valence-electron chi connectivity index (χ0n) is 10.6. The maximum atomic E-state index is 12.8. The Morgan fingerprint density at radius 1 is 1.15 bits per heavy atom. The van der Waals surface area contributed by atoms with Crippen LogP contribution in [0.1, 0.15) is 24.2 Å². The summed E-state index contributed by atoms with van der Waals surface area (Å²) in [4.78, 5) is 3.87. The number of rotatable bonds is 3. The summed E-state index contributed by atoms with van der Waals surface area (Å²) >= 11 is 0. The number of aliphatic hydroxyl groups excluding tert-OH is 1. The molecule has 2 aromatic rings. The Hall–Kier alpha value is -2.08. The molecule has 0 amide bonds. The Bertz CT molecular complexity index is 580. The number of benzene rings is 1. The van der Waals surface area contributed by atoms with Gasteiger partial charge in [-0.15, -0.1) is 0 Å². The van der Waals surface area contributed by atoms with Gasteiger partial charge < -0.3 is 9.84 Å². The fourth-order valence-corrected chi connectivity index (χ4v) is 1.60. The Balaban J connectivity index is 2.26. The van der Waals surface area contributed by atoms with Gasteiger partial charge >= 0.3 is 6.18 Å². The molecule has 20 heavy (non-hydrogen) atoms. The minimum atomic E-state index is -4.49. The molecule has 1 unspecified atom stereocenters. The van der Waals surface area contributed by atoms with E-state index in [-0.39, 0.29) is 11.6 Å². The summed E-state index contributed by atoms with van der Waals surface area (Å²) in [5.41, 5.74) is -0.303. The average molecular weight is 283 g/mol. The first kappa shape index (κ1) is 14.3. The van der Waals surface area contributed by atoms with Crippen LogP contribution >= 0.6 is 0 Å². The van der Waals surface area contributed by atoms with Crippen molar-refractivity contribution in [2.75, 3.05) is 0 Å². The van der Waals surface area contributed by atoms with E-state index in [0.29, 0.717) is 5.56 Å². The Labute approximate surface area is 113 Å². The lowest BCUT2D eigenvalue weighted by atomic mass is 10.2. The van der Waals surface area contributed by atoms with E-state index in [9.17, 15) is 18.3 Å². The summed E-state index contributed by atoms with van der Waals surface area (Å²) in [6.45, 7) is 1.57. The van der Waals surface area contributed by atoms with Crippen LogP contribution in [0.2, 0.25) is 0 Å². The Morgan fingerprint density at radius 2 is 1.85 bits per heavy atom. The maximum absolute atomic E-state index is 12.8. The molecule has 1 atom stereocenters. The smallest absolute Gasteiger partial charge is 0.419 e. The number of alkyl halides is 3. The number of para-hydroxylation sites is 1. The van der Waals surface area contributed by atoms with Crippen molar-refractivity contribution in [3.05, 3.63) is 53.7 Å². The molecule has 3 nitrogen and oxygen atoms in total. The first-order valence-corrected chi connectivity index (χ1v) is 5.86. The van der Waals surface area contributed by atoms with Crippen molar-refractivity contribution in [1.82, 2.24) is 4.98 Å². The first-order valence-electron chi connectivity index (χ1n) is 5.86. The van der Waals surface area contributed by atoms with Gasteiger partial charge in [0.05, 0.1) is 11.7 Å². The number of pyridine rings is 1. The van der Waals surface area contributed by atoms with Gasteiger partial charge in [-0.05, 0) is 30.7 Å². The molecule has 2 rings (SSSR count). The lowest BCUT2D eigenvalue weighted by Crippen LogP contribution is -2.07. The molecular formula is C14H12F3NO2. The minimum absolute atomic E-state index is 0.0334. The molecule has 0 saturated carbocycles. The lowest BCUT2D eigenvalue weighted by Gasteiger charge is -2.13. The third-order valence-corrected chi connectivity index (χ3v) is 2.65. The summed E-state index contributed by atoms with van der Waals surface area (Å²) in [6, 6.07) is 7.87. The molecule has 106 valence electrons. The number of aromatic nitrogens is 1. The van der Waals surface area contributed by atoms with E-state index in [1.165, 1.54) is 30.5 Å². The number of halogens is 3. The highest BCUT2D eigenvalue weighted by Crippen LogP contribution is 2.37. The number of aliphatic hydroxyl groups is 1. The van der Waals surface area contributed by atoms with E-state index in [0.717, 1.165) is 6.07 Å².